The molecular formula is C21H17FN4S. The number of thiocarbonyl (C=S) groups is 1. The smallest absolute Gasteiger partial charge is 0.176 e. The lowest BCUT2D eigenvalue weighted by molar-refractivity contribution is 0.632. The number of aromatic nitrogens is 2. The number of para-hydroxylation sites is 1. The van der Waals surface area contributed by atoms with Gasteiger partial charge in [0.15, 0.2) is 10.9 Å². The van der Waals surface area contributed by atoms with Gasteiger partial charge < -0.3 is 10.6 Å². The Morgan fingerprint density at radius 1 is 0.926 bits per heavy atom. The molecule has 0 spiro atoms. The summed E-state index contributed by atoms with van der Waals surface area (Å²) in [5, 5.41) is 13.0. The van der Waals surface area contributed by atoms with Crippen molar-refractivity contribution in [3.63, 3.8) is 0 Å². The molecular weight excluding hydrogens is 359 g/mol. The van der Waals surface area contributed by atoms with Crippen LogP contribution in [0.2, 0.25) is 0 Å². The van der Waals surface area contributed by atoms with E-state index in [0.29, 0.717) is 18.1 Å². The average molecular weight is 376 g/mol. The van der Waals surface area contributed by atoms with Crippen molar-refractivity contribution < 1.29 is 4.39 Å². The van der Waals surface area contributed by atoms with Gasteiger partial charge in [-0.3, -0.25) is 4.68 Å². The summed E-state index contributed by atoms with van der Waals surface area (Å²) in [4.78, 5) is 0. The van der Waals surface area contributed by atoms with Crippen LogP contribution in [0.1, 0.15) is 5.56 Å². The van der Waals surface area contributed by atoms with Crippen molar-refractivity contribution in [3.8, 4) is 0 Å². The van der Waals surface area contributed by atoms with Crippen molar-refractivity contribution in [3.05, 3.63) is 90.4 Å². The maximum absolute atomic E-state index is 13.7. The molecule has 0 radical (unpaired) electrons. The molecule has 4 nitrogen and oxygen atoms in total. The summed E-state index contributed by atoms with van der Waals surface area (Å²) >= 11 is 5.24. The number of fused-ring (bicyclic) bond motifs is 1. The lowest BCUT2D eigenvalue weighted by Gasteiger charge is -2.09. The van der Waals surface area contributed by atoms with Crippen molar-refractivity contribution >= 4 is 39.6 Å². The van der Waals surface area contributed by atoms with Crippen LogP contribution in [0.25, 0.3) is 10.8 Å². The maximum atomic E-state index is 13.7. The van der Waals surface area contributed by atoms with E-state index >= 15 is 0 Å². The van der Waals surface area contributed by atoms with Crippen LogP contribution in [0, 0.1) is 5.82 Å². The first-order valence-corrected chi connectivity index (χ1v) is 8.92. The second-order valence-corrected chi connectivity index (χ2v) is 6.50. The van der Waals surface area contributed by atoms with Gasteiger partial charge in [0, 0.05) is 12.3 Å². The summed E-state index contributed by atoms with van der Waals surface area (Å²) in [5.41, 5.74) is 1.51. The normalized spacial score (nSPS) is 10.7. The Labute approximate surface area is 161 Å². The third-order valence-electron chi connectivity index (χ3n) is 4.22. The quantitative estimate of drug-likeness (QED) is 0.490. The van der Waals surface area contributed by atoms with Crippen LogP contribution < -0.4 is 10.6 Å². The number of halogens is 1. The third kappa shape index (κ3) is 3.96. The van der Waals surface area contributed by atoms with Gasteiger partial charge in [0.2, 0.25) is 0 Å². The van der Waals surface area contributed by atoms with Gasteiger partial charge in [0.1, 0.15) is 5.82 Å². The van der Waals surface area contributed by atoms with E-state index in [0.717, 1.165) is 0 Å². The zero-order valence-electron chi connectivity index (χ0n) is 14.4. The number of hydrogen-bond acceptors (Lipinski definition) is 2. The van der Waals surface area contributed by atoms with E-state index in [-0.39, 0.29) is 10.9 Å². The minimum Gasteiger partial charge on any atom is -0.330 e. The molecule has 6 heteroatoms. The van der Waals surface area contributed by atoms with Gasteiger partial charge in [-0.15, -0.1) is 0 Å². The molecule has 4 rings (SSSR count). The Balaban J connectivity index is 1.45. The summed E-state index contributed by atoms with van der Waals surface area (Å²) in [5.74, 6) is 0.243. The second kappa shape index (κ2) is 7.55. The molecule has 0 atom stereocenters. The zero-order chi connectivity index (χ0) is 18.6. The van der Waals surface area contributed by atoms with Crippen molar-refractivity contribution in [2.24, 2.45) is 0 Å². The predicted molar refractivity (Wildman–Crippen MR) is 112 cm³/mol. The highest BCUT2D eigenvalue weighted by Crippen LogP contribution is 2.19. The SMILES string of the molecule is Fc1ccccc1NC(=S)Nc1ccn(Cc2cccc3ccccc23)n1. The molecule has 0 aliphatic rings. The third-order valence-corrected chi connectivity index (χ3v) is 4.42. The molecule has 0 aliphatic heterocycles. The molecule has 0 unspecified atom stereocenters. The van der Waals surface area contributed by atoms with Gasteiger partial charge in [-0.1, -0.05) is 54.6 Å². The number of hydrogen-bond donors (Lipinski definition) is 2. The van der Waals surface area contributed by atoms with Gasteiger partial charge in [-0.2, -0.15) is 5.10 Å². The Morgan fingerprint density at radius 2 is 1.70 bits per heavy atom. The molecule has 134 valence electrons. The summed E-state index contributed by atoms with van der Waals surface area (Å²) < 4.78 is 15.5. The topological polar surface area (TPSA) is 41.9 Å². The molecule has 4 aromatic rings. The van der Waals surface area contributed by atoms with Gasteiger partial charge in [0.05, 0.1) is 12.2 Å². The van der Waals surface area contributed by atoms with Gasteiger partial charge >= 0.3 is 0 Å². The average Bonchev–Trinajstić information content (AvgIpc) is 3.11. The molecule has 0 amide bonds. The van der Waals surface area contributed by atoms with E-state index in [1.807, 2.05) is 35.1 Å². The Bertz CT molecular complexity index is 1100. The van der Waals surface area contributed by atoms with E-state index in [9.17, 15) is 4.39 Å². The summed E-state index contributed by atoms with van der Waals surface area (Å²) in [6, 6.07) is 22.7. The number of nitrogens with one attached hydrogen (secondary N) is 2. The first-order chi connectivity index (χ1) is 13.2. The minimum atomic E-state index is -0.358. The van der Waals surface area contributed by atoms with Crippen LogP contribution in [0.3, 0.4) is 0 Å². The lowest BCUT2D eigenvalue weighted by atomic mass is 10.0. The number of anilines is 2. The predicted octanol–water partition coefficient (Wildman–Crippen LogP) is 5.03. The Kier molecular flexibility index (Phi) is 4.80. The fourth-order valence-electron chi connectivity index (χ4n) is 2.95. The first-order valence-electron chi connectivity index (χ1n) is 8.52. The molecule has 2 N–H and O–H groups in total. The molecule has 0 aliphatic carbocycles. The molecule has 3 aromatic carbocycles. The van der Waals surface area contributed by atoms with Gasteiger partial charge in [0.25, 0.3) is 0 Å². The van der Waals surface area contributed by atoms with Crippen molar-refractivity contribution in [1.82, 2.24) is 9.78 Å². The number of benzene rings is 3. The van der Waals surface area contributed by atoms with E-state index in [1.54, 1.807) is 18.2 Å². The van der Waals surface area contributed by atoms with Gasteiger partial charge in [-0.05, 0) is 40.7 Å². The van der Waals surface area contributed by atoms with Crippen LogP contribution in [0.15, 0.2) is 79.0 Å². The maximum Gasteiger partial charge on any atom is 0.176 e. The Morgan fingerprint density at radius 3 is 2.59 bits per heavy atom. The van der Waals surface area contributed by atoms with E-state index in [4.69, 9.17) is 12.2 Å². The molecule has 0 saturated heterocycles. The van der Waals surface area contributed by atoms with Crippen LogP contribution in [0.4, 0.5) is 15.9 Å². The second-order valence-electron chi connectivity index (χ2n) is 6.10. The Hall–Kier alpha value is -3.25. The lowest BCUT2D eigenvalue weighted by Crippen LogP contribution is -2.20. The number of rotatable bonds is 4. The highest BCUT2D eigenvalue weighted by Gasteiger charge is 2.07. The molecule has 27 heavy (non-hydrogen) atoms. The molecule has 0 bridgehead atoms. The molecule has 1 heterocycles. The fourth-order valence-corrected chi connectivity index (χ4v) is 3.17. The first kappa shape index (κ1) is 17.2. The monoisotopic (exact) mass is 376 g/mol. The van der Waals surface area contributed by atoms with E-state index in [1.165, 1.54) is 22.4 Å². The van der Waals surface area contributed by atoms with Crippen LogP contribution in [-0.4, -0.2) is 14.9 Å². The van der Waals surface area contributed by atoms with Crippen molar-refractivity contribution in [1.29, 1.82) is 0 Å². The zero-order valence-corrected chi connectivity index (χ0v) is 15.2. The molecule has 0 fully saturated rings. The van der Waals surface area contributed by atoms with Crippen LogP contribution in [-0.2, 0) is 6.54 Å². The van der Waals surface area contributed by atoms with Crippen LogP contribution >= 0.6 is 12.2 Å². The van der Waals surface area contributed by atoms with E-state index < -0.39 is 0 Å². The summed E-state index contributed by atoms with van der Waals surface area (Å²) in [7, 11) is 0. The van der Waals surface area contributed by atoms with E-state index in [2.05, 4.69) is 40.0 Å². The summed E-state index contributed by atoms with van der Waals surface area (Å²) in [6.07, 6.45) is 1.88. The van der Waals surface area contributed by atoms with Crippen LogP contribution in [0.5, 0.6) is 0 Å². The standard InChI is InChI=1S/C21H17FN4S/c22-18-10-3-4-11-19(18)23-21(27)24-20-12-13-26(25-20)14-16-8-5-7-15-6-1-2-9-17(15)16/h1-13H,14H2,(H2,23,24,25,27). The van der Waals surface area contributed by atoms with Crippen molar-refractivity contribution in [2.75, 3.05) is 10.6 Å². The highest BCUT2D eigenvalue weighted by atomic mass is 32.1. The van der Waals surface area contributed by atoms with Gasteiger partial charge in [-0.25, -0.2) is 4.39 Å². The fraction of sp³-hybridized carbons (Fsp3) is 0.0476. The highest BCUT2D eigenvalue weighted by molar-refractivity contribution is 7.80. The minimum absolute atomic E-state index is 0.288. The number of nitrogens with zero attached hydrogens (tertiary/aromatic N) is 2. The molecule has 0 saturated carbocycles. The summed E-state index contributed by atoms with van der Waals surface area (Å²) in [6.45, 7) is 0.649. The van der Waals surface area contributed by atoms with Crippen molar-refractivity contribution in [2.45, 2.75) is 6.54 Å². The molecule has 1 aromatic heterocycles. The largest absolute Gasteiger partial charge is 0.330 e.